The third-order valence-corrected chi connectivity index (χ3v) is 3.04. The van der Waals surface area contributed by atoms with Gasteiger partial charge >= 0.3 is 0 Å². The molecule has 0 spiro atoms. The van der Waals surface area contributed by atoms with Gasteiger partial charge in [0.15, 0.2) is 0 Å². The van der Waals surface area contributed by atoms with Crippen LogP contribution in [0.3, 0.4) is 0 Å². The Kier molecular flexibility index (Phi) is 2.04. The van der Waals surface area contributed by atoms with Crippen LogP contribution in [0.15, 0.2) is 28.9 Å². The quantitative estimate of drug-likeness (QED) is 0.733. The molecule has 1 aromatic carbocycles. The Morgan fingerprint density at radius 3 is 3.00 bits per heavy atom. The molecule has 1 aromatic rings. The zero-order valence-electron chi connectivity index (χ0n) is 9.73. The number of allylic oxidation sites excluding steroid dienone is 1. The van der Waals surface area contributed by atoms with Crippen LogP contribution in [0.2, 0.25) is 0 Å². The number of aliphatic imine (C=N–C) groups is 1. The second-order valence-corrected chi connectivity index (χ2v) is 4.11. The Bertz CT molecular complexity index is 573. The highest BCUT2D eigenvalue weighted by Crippen LogP contribution is 2.30. The van der Waals surface area contributed by atoms with E-state index in [-0.39, 0.29) is 12.5 Å². The summed E-state index contributed by atoms with van der Waals surface area (Å²) < 4.78 is 5.20. The van der Waals surface area contributed by atoms with Crippen molar-refractivity contribution in [1.82, 2.24) is 4.90 Å². The maximum Gasteiger partial charge on any atom is 0.254 e. The van der Waals surface area contributed by atoms with Crippen LogP contribution in [-0.2, 0) is 4.79 Å². The number of methoxy groups -OCH3 is 1. The number of amidine groups is 1. The minimum Gasteiger partial charge on any atom is -0.497 e. The third kappa shape index (κ3) is 1.37. The molecule has 4 nitrogen and oxygen atoms in total. The molecule has 3 rings (SSSR count). The topological polar surface area (TPSA) is 41.9 Å². The lowest BCUT2D eigenvalue weighted by molar-refractivity contribution is -0.123. The highest BCUT2D eigenvalue weighted by atomic mass is 16.5. The van der Waals surface area contributed by atoms with E-state index in [4.69, 9.17) is 4.74 Å². The summed E-state index contributed by atoms with van der Waals surface area (Å²) in [5.41, 5.74) is 2.96. The fourth-order valence-corrected chi connectivity index (χ4v) is 2.24. The van der Waals surface area contributed by atoms with Crippen LogP contribution in [0.25, 0.3) is 6.08 Å². The van der Waals surface area contributed by atoms with Crippen LogP contribution >= 0.6 is 0 Å². The van der Waals surface area contributed by atoms with Crippen molar-refractivity contribution in [3.63, 3.8) is 0 Å². The maximum atomic E-state index is 11.7. The van der Waals surface area contributed by atoms with E-state index in [1.54, 1.807) is 12.0 Å². The first-order chi connectivity index (χ1) is 8.20. The number of fused-ring (bicyclic) bond motifs is 3. The molecule has 1 amide bonds. The molecule has 17 heavy (non-hydrogen) atoms. The van der Waals surface area contributed by atoms with E-state index in [9.17, 15) is 4.79 Å². The molecular formula is C13H12N2O2. The highest BCUT2D eigenvalue weighted by molar-refractivity contribution is 6.17. The minimum atomic E-state index is 0.0298. The summed E-state index contributed by atoms with van der Waals surface area (Å²) in [5, 5.41) is 0. The lowest BCUT2D eigenvalue weighted by atomic mass is 10.0. The molecule has 2 aliphatic heterocycles. The number of nitrogens with zero attached hydrogens (tertiary/aromatic N) is 2. The number of hydrogen-bond acceptors (Lipinski definition) is 3. The molecule has 0 atom stereocenters. The number of hydrogen-bond donors (Lipinski definition) is 0. The second-order valence-electron chi connectivity index (χ2n) is 4.11. The Balaban J connectivity index is 2.20. The SMILES string of the molecule is COc1ccc2c(c1)C1=NCC(=O)N1C(C)=C2. The monoisotopic (exact) mass is 228 g/mol. The average Bonchev–Trinajstić information content (AvgIpc) is 2.72. The minimum absolute atomic E-state index is 0.0298. The summed E-state index contributed by atoms with van der Waals surface area (Å²) in [6, 6.07) is 5.82. The number of rotatable bonds is 1. The predicted octanol–water partition coefficient (Wildman–Crippen LogP) is 1.66. The van der Waals surface area contributed by atoms with Gasteiger partial charge in [-0.1, -0.05) is 6.07 Å². The smallest absolute Gasteiger partial charge is 0.254 e. The van der Waals surface area contributed by atoms with Crippen molar-refractivity contribution in [1.29, 1.82) is 0 Å². The molecule has 2 heterocycles. The first kappa shape index (κ1) is 10.1. The van der Waals surface area contributed by atoms with Crippen LogP contribution in [0.5, 0.6) is 5.75 Å². The lowest BCUT2D eigenvalue weighted by Crippen LogP contribution is -2.33. The van der Waals surface area contributed by atoms with E-state index in [1.165, 1.54) is 0 Å². The number of carbonyl (C=O) groups excluding carboxylic acids is 1. The van der Waals surface area contributed by atoms with Crippen LogP contribution in [-0.4, -0.2) is 30.3 Å². The Labute approximate surface area is 99.2 Å². The maximum absolute atomic E-state index is 11.7. The van der Waals surface area contributed by atoms with Gasteiger partial charge in [0.2, 0.25) is 0 Å². The molecule has 0 unspecified atom stereocenters. The van der Waals surface area contributed by atoms with Gasteiger partial charge in [0.25, 0.3) is 5.91 Å². The molecule has 0 radical (unpaired) electrons. The van der Waals surface area contributed by atoms with Crippen molar-refractivity contribution in [2.24, 2.45) is 4.99 Å². The van der Waals surface area contributed by atoms with Crippen LogP contribution in [0, 0.1) is 0 Å². The molecule has 0 N–H and O–H groups in total. The largest absolute Gasteiger partial charge is 0.497 e. The standard InChI is InChI=1S/C13H12N2O2/c1-8-5-9-3-4-10(17-2)6-11(9)13-14-7-12(16)15(8)13/h3-6H,7H2,1-2H3. The van der Waals surface area contributed by atoms with E-state index in [2.05, 4.69) is 4.99 Å². The summed E-state index contributed by atoms with van der Waals surface area (Å²) in [4.78, 5) is 17.7. The van der Waals surface area contributed by atoms with Gasteiger partial charge in [0.1, 0.15) is 18.1 Å². The summed E-state index contributed by atoms with van der Waals surface area (Å²) in [6.07, 6.45) is 2.00. The Morgan fingerprint density at radius 2 is 2.24 bits per heavy atom. The van der Waals surface area contributed by atoms with Gasteiger partial charge in [0, 0.05) is 11.3 Å². The van der Waals surface area contributed by atoms with E-state index in [1.807, 2.05) is 31.2 Å². The average molecular weight is 228 g/mol. The molecular weight excluding hydrogens is 216 g/mol. The first-order valence-electron chi connectivity index (χ1n) is 5.45. The Morgan fingerprint density at radius 1 is 1.41 bits per heavy atom. The zero-order valence-corrected chi connectivity index (χ0v) is 9.73. The normalized spacial score (nSPS) is 17.3. The molecule has 0 aromatic heterocycles. The Hall–Kier alpha value is -2.10. The fourth-order valence-electron chi connectivity index (χ4n) is 2.24. The van der Waals surface area contributed by atoms with Gasteiger partial charge in [0.05, 0.1) is 7.11 Å². The molecule has 0 fully saturated rings. The van der Waals surface area contributed by atoms with Crippen molar-refractivity contribution >= 4 is 17.8 Å². The molecule has 0 aliphatic carbocycles. The van der Waals surface area contributed by atoms with Gasteiger partial charge in [-0.2, -0.15) is 0 Å². The van der Waals surface area contributed by atoms with Crippen molar-refractivity contribution in [3.05, 3.63) is 35.0 Å². The molecule has 4 heteroatoms. The number of ether oxygens (including phenoxy) is 1. The van der Waals surface area contributed by atoms with Gasteiger partial charge < -0.3 is 4.74 Å². The van der Waals surface area contributed by atoms with E-state index in [0.717, 1.165) is 28.4 Å². The molecule has 0 bridgehead atoms. The van der Waals surface area contributed by atoms with Crippen LogP contribution < -0.4 is 4.74 Å². The van der Waals surface area contributed by atoms with E-state index in [0.29, 0.717) is 0 Å². The van der Waals surface area contributed by atoms with Gasteiger partial charge in [-0.25, -0.2) is 0 Å². The van der Waals surface area contributed by atoms with Crippen molar-refractivity contribution in [3.8, 4) is 5.75 Å². The first-order valence-corrected chi connectivity index (χ1v) is 5.45. The number of benzene rings is 1. The zero-order chi connectivity index (χ0) is 12.0. The second kappa shape index (κ2) is 3.45. The lowest BCUT2D eigenvalue weighted by Gasteiger charge is -2.25. The van der Waals surface area contributed by atoms with Crippen LogP contribution in [0.4, 0.5) is 0 Å². The number of amides is 1. The van der Waals surface area contributed by atoms with Crippen molar-refractivity contribution < 1.29 is 9.53 Å². The van der Waals surface area contributed by atoms with Crippen molar-refractivity contribution in [2.75, 3.05) is 13.7 Å². The third-order valence-electron chi connectivity index (χ3n) is 3.04. The molecule has 2 aliphatic rings. The molecule has 0 saturated heterocycles. The fraction of sp³-hybridized carbons (Fsp3) is 0.231. The predicted molar refractivity (Wildman–Crippen MR) is 64.9 cm³/mol. The number of carbonyl (C=O) groups is 1. The van der Waals surface area contributed by atoms with Crippen LogP contribution in [0.1, 0.15) is 18.1 Å². The molecule has 0 saturated carbocycles. The van der Waals surface area contributed by atoms with E-state index >= 15 is 0 Å². The van der Waals surface area contributed by atoms with E-state index < -0.39 is 0 Å². The van der Waals surface area contributed by atoms with Crippen molar-refractivity contribution in [2.45, 2.75) is 6.92 Å². The summed E-state index contributed by atoms with van der Waals surface area (Å²) in [7, 11) is 1.63. The summed E-state index contributed by atoms with van der Waals surface area (Å²) in [5.74, 6) is 1.55. The van der Waals surface area contributed by atoms with Gasteiger partial charge in [-0.15, -0.1) is 0 Å². The molecule has 86 valence electrons. The summed E-state index contributed by atoms with van der Waals surface area (Å²) >= 11 is 0. The summed E-state index contributed by atoms with van der Waals surface area (Å²) in [6.45, 7) is 2.16. The van der Waals surface area contributed by atoms with Gasteiger partial charge in [-0.05, 0) is 30.7 Å². The van der Waals surface area contributed by atoms with Gasteiger partial charge in [-0.3, -0.25) is 14.7 Å². The highest BCUT2D eigenvalue weighted by Gasteiger charge is 2.32.